The summed E-state index contributed by atoms with van der Waals surface area (Å²) in [5.74, 6) is 0.747. The van der Waals surface area contributed by atoms with Crippen molar-refractivity contribution < 1.29 is 4.43 Å². The summed E-state index contributed by atoms with van der Waals surface area (Å²) in [7, 11) is -1.62. The van der Waals surface area contributed by atoms with Gasteiger partial charge in [-0.15, -0.1) is 0 Å². The normalized spacial score (nSPS) is 30.1. The number of hydrogen-bond donors (Lipinski definition) is 0. The molecule has 2 aliphatic carbocycles. The highest BCUT2D eigenvalue weighted by atomic mass is 28.4. The van der Waals surface area contributed by atoms with Gasteiger partial charge in [0.15, 0.2) is 8.32 Å². The van der Waals surface area contributed by atoms with Crippen LogP contribution in [0.4, 0.5) is 0 Å². The molecule has 2 saturated carbocycles. The largest absolute Gasteiger partial charge is 0.414 e. The summed E-state index contributed by atoms with van der Waals surface area (Å²) in [6, 6.07) is 4.15. The summed E-state index contributed by atoms with van der Waals surface area (Å²) in [6.07, 6.45) is 19.8. The van der Waals surface area contributed by atoms with E-state index < -0.39 is 8.32 Å². The Labute approximate surface area is 168 Å². The Kier molecular flexibility index (Phi) is 6.32. The van der Waals surface area contributed by atoms with Gasteiger partial charge >= 0.3 is 0 Å². The Bertz CT molecular complexity index is 614. The van der Waals surface area contributed by atoms with Gasteiger partial charge in [0.05, 0.1) is 0 Å². The molecule has 1 aromatic rings. The quantitative estimate of drug-likeness (QED) is 0.510. The minimum absolute atomic E-state index is 0.320. The minimum Gasteiger partial charge on any atom is -0.414 e. The highest BCUT2D eigenvalue weighted by molar-refractivity contribution is 6.74. The molecule has 0 bridgehead atoms. The molecule has 0 amide bonds. The van der Waals surface area contributed by atoms with Crippen molar-refractivity contribution in [3.63, 3.8) is 0 Å². The van der Waals surface area contributed by atoms with E-state index in [0.29, 0.717) is 16.6 Å². The van der Waals surface area contributed by atoms with Crippen LogP contribution in [-0.4, -0.2) is 19.4 Å². The molecular formula is C24H39NOSi. The van der Waals surface area contributed by atoms with Crippen LogP contribution in [0.2, 0.25) is 18.1 Å². The van der Waals surface area contributed by atoms with Crippen molar-refractivity contribution in [3.05, 3.63) is 36.2 Å². The lowest BCUT2D eigenvalue weighted by Crippen LogP contribution is -2.45. The summed E-state index contributed by atoms with van der Waals surface area (Å²) in [6.45, 7) is 11.9. The third kappa shape index (κ3) is 5.32. The van der Waals surface area contributed by atoms with Crippen molar-refractivity contribution in [3.8, 4) is 0 Å². The van der Waals surface area contributed by atoms with E-state index in [0.717, 1.165) is 5.92 Å². The fourth-order valence-electron chi connectivity index (χ4n) is 4.58. The zero-order valence-electron chi connectivity index (χ0n) is 18.1. The van der Waals surface area contributed by atoms with E-state index in [1.165, 1.54) is 56.9 Å². The van der Waals surface area contributed by atoms with E-state index in [2.05, 4.69) is 57.1 Å². The van der Waals surface area contributed by atoms with Crippen LogP contribution in [0.1, 0.15) is 77.7 Å². The third-order valence-corrected chi connectivity index (χ3v) is 12.1. The van der Waals surface area contributed by atoms with Crippen molar-refractivity contribution >= 4 is 14.4 Å². The molecule has 3 rings (SSSR count). The van der Waals surface area contributed by atoms with Crippen LogP contribution in [0.25, 0.3) is 6.08 Å². The molecule has 1 spiro atoms. The van der Waals surface area contributed by atoms with E-state index in [1.54, 1.807) is 0 Å². The third-order valence-electron chi connectivity index (χ3n) is 7.60. The highest BCUT2D eigenvalue weighted by Gasteiger charge is 2.43. The maximum Gasteiger partial charge on any atom is 0.192 e. The van der Waals surface area contributed by atoms with E-state index in [9.17, 15) is 0 Å². The van der Waals surface area contributed by atoms with E-state index in [4.69, 9.17) is 4.43 Å². The lowest BCUT2D eigenvalue weighted by Gasteiger charge is -2.47. The zero-order chi connectivity index (χ0) is 19.5. The molecule has 0 aliphatic heterocycles. The van der Waals surface area contributed by atoms with Gasteiger partial charge in [-0.1, -0.05) is 39.0 Å². The molecule has 0 radical (unpaired) electrons. The van der Waals surface area contributed by atoms with Gasteiger partial charge in [-0.3, -0.25) is 4.98 Å². The maximum absolute atomic E-state index is 6.71. The number of nitrogens with zero attached hydrogens (tertiary/aromatic N) is 1. The summed E-state index contributed by atoms with van der Waals surface area (Å²) in [4.78, 5) is 4.20. The molecule has 0 saturated heterocycles. The van der Waals surface area contributed by atoms with Gasteiger partial charge in [0.25, 0.3) is 0 Å². The van der Waals surface area contributed by atoms with E-state index in [-0.39, 0.29) is 0 Å². The average Bonchev–Trinajstić information content (AvgIpc) is 2.63. The van der Waals surface area contributed by atoms with Gasteiger partial charge in [-0.25, -0.2) is 0 Å². The first kappa shape index (κ1) is 20.8. The van der Waals surface area contributed by atoms with Crippen LogP contribution >= 0.6 is 0 Å². The molecule has 27 heavy (non-hydrogen) atoms. The van der Waals surface area contributed by atoms with Gasteiger partial charge in [0.1, 0.15) is 0 Å². The maximum atomic E-state index is 6.71. The molecule has 2 aliphatic rings. The van der Waals surface area contributed by atoms with Gasteiger partial charge < -0.3 is 4.43 Å². The fourth-order valence-corrected chi connectivity index (χ4v) is 6.00. The molecule has 150 valence electrons. The van der Waals surface area contributed by atoms with Crippen molar-refractivity contribution in [1.29, 1.82) is 0 Å². The Morgan fingerprint density at radius 1 is 1.07 bits per heavy atom. The number of aromatic nitrogens is 1. The molecule has 0 atom stereocenters. The molecule has 0 aromatic carbocycles. The first-order valence-corrected chi connectivity index (χ1v) is 13.9. The summed E-state index contributed by atoms with van der Waals surface area (Å²) < 4.78 is 6.71. The van der Waals surface area contributed by atoms with Gasteiger partial charge in [-0.2, -0.15) is 0 Å². The monoisotopic (exact) mass is 385 g/mol. The second-order valence-electron chi connectivity index (χ2n) is 10.6. The second-order valence-corrected chi connectivity index (χ2v) is 15.3. The zero-order valence-corrected chi connectivity index (χ0v) is 19.1. The molecule has 0 N–H and O–H groups in total. The van der Waals surface area contributed by atoms with Crippen LogP contribution in [0.15, 0.2) is 30.6 Å². The van der Waals surface area contributed by atoms with Gasteiger partial charge in [-0.05, 0) is 92.5 Å². The highest BCUT2D eigenvalue weighted by Crippen LogP contribution is 2.50. The van der Waals surface area contributed by atoms with Crippen molar-refractivity contribution in [2.24, 2.45) is 11.3 Å². The van der Waals surface area contributed by atoms with Gasteiger partial charge in [0, 0.05) is 18.5 Å². The Morgan fingerprint density at radius 3 is 2.26 bits per heavy atom. The van der Waals surface area contributed by atoms with E-state index >= 15 is 0 Å². The molecule has 2 fully saturated rings. The number of pyridine rings is 1. The number of rotatable bonds is 4. The van der Waals surface area contributed by atoms with Crippen LogP contribution < -0.4 is 0 Å². The lowest BCUT2D eigenvalue weighted by atomic mass is 9.63. The first-order chi connectivity index (χ1) is 12.7. The van der Waals surface area contributed by atoms with Crippen molar-refractivity contribution in [1.82, 2.24) is 4.98 Å². The van der Waals surface area contributed by atoms with Crippen molar-refractivity contribution in [2.75, 3.05) is 0 Å². The molecule has 1 heterocycles. The SMILES string of the molecule is CC(C)(C)[Si](C)(C)OC1CCC2(CCC(/C=C\c3cccnc3)CC2)CC1. The Balaban J connectivity index is 1.47. The molecule has 1 aromatic heterocycles. The van der Waals surface area contributed by atoms with Crippen LogP contribution in [0.3, 0.4) is 0 Å². The standard InChI is InChI=1S/C24H39NOSi/c1-23(2,3)27(4,5)26-22-12-16-24(17-13-22)14-10-20(11-15-24)8-9-21-7-6-18-25-19-21/h6-9,18-20,22H,10-17H2,1-5H3/b9-8-. The minimum atomic E-state index is -1.62. The van der Waals surface area contributed by atoms with Crippen LogP contribution in [-0.2, 0) is 4.43 Å². The van der Waals surface area contributed by atoms with Gasteiger partial charge in [0.2, 0.25) is 0 Å². The van der Waals surface area contributed by atoms with Crippen LogP contribution in [0.5, 0.6) is 0 Å². The summed E-state index contributed by atoms with van der Waals surface area (Å²) in [5.41, 5.74) is 1.84. The lowest BCUT2D eigenvalue weighted by molar-refractivity contribution is 0.0390. The smallest absolute Gasteiger partial charge is 0.192 e. The molecule has 2 nitrogen and oxygen atoms in total. The van der Waals surface area contributed by atoms with Crippen molar-refractivity contribution in [2.45, 2.75) is 96.4 Å². The number of allylic oxidation sites excluding steroid dienone is 1. The molecular weight excluding hydrogens is 346 g/mol. The Hall–Kier alpha value is -0.933. The average molecular weight is 386 g/mol. The Morgan fingerprint density at radius 2 is 1.70 bits per heavy atom. The fraction of sp³-hybridized carbons (Fsp3) is 0.708. The number of hydrogen-bond acceptors (Lipinski definition) is 2. The van der Waals surface area contributed by atoms with E-state index in [1.807, 2.05) is 18.5 Å². The summed E-state index contributed by atoms with van der Waals surface area (Å²) in [5, 5.41) is 0.320. The topological polar surface area (TPSA) is 22.1 Å². The molecule has 3 heteroatoms. The predicted molar refractivity (Wildman–Crippen MR) is 118 cm³/mol. The first-order valence-electron chi connectivity index (χ1n) is 11.0. The predicted octanol–water partition coefficient (Wildman–Crippen LogP) is 7.24. The second kappa shape index (κ2) is 8.20. The van der Waals surface area contributed by atoms with Crippen LogP contribution in [0, 0.1) is 11.3 Å². The molecule has 0 unspecified atom stereocenters. The summed E-state index contributed by atoms with van der Waals surface area (Å²) >= 11 is 0.